The van der Waals surface area contributed by atoms with E-state index in [0.29, 0.717) is 11.1 Å². The summed E-state index contributed by atoms with van der Waals surface area (Å²) >= 11 is 8.17. The van der Waals surface area contributed by atoms with Crippen molar-refractivity contribution in [1.82, 2.24) is 9.97 Å². The molecule has 2 nitrogen and oxygen atoms in total. The Bertz CT molecular complexity index is 442. The lowest BCUT2D eigenvalue weighted by Crippen LogP contribution is -2.15. The zero-order valence-electron chi connectivity index (χ0n) is 10.8. The van der Waals surface area contributed by atoms with Crippen molar-refractivity contribution < 1.29 is 0 Å². The molecule has 1 aromatic heterocycles. The van der Waals surface area contributed by atoms with Crippen LogP contribution in [0.2, 0.25) is 5.15 Å². The third-order valence-electron chi connectivity index (χ3n) is 4.33. The van der Waals surface area contributed by atoms with Crippen molar-refractivity contribution in [2.75, 3.05) is 0 Å². The van der Waals surface area contributed by atoms with E-state index in [0.717, 1.165) is 23.2 Å². The Morgan fingerprint density at radius 2 is 1.94 bits per heavy atom. The lowest BCUT2D eigenvalue weighted by atomic mass is 9.80. The monoisotopic (exact) mass is 282 g/mol. The average molecular weight is 283 g/mol. The molecule has 4 heteroatoms. The van der Waals surface area contributed by atoms with Crippen LogP contribution in [0.4, 0.5) is 0 Å². The summed E-state index contributed by atoms with van der Waals surface area (Å²) in [6.45, 7) is 2.30. The van der Waals surface area contributed by atoms with Gasteiger partial charge < -0.3 is 0 Å². The molecule has 98 valence electrons. The van der Waals surface area contributed by atoms with E-state index < -0.39 is 0 Å². The second-order valence-electron chi connectivity index (χ2n) is 5.42. The minimum Gasteiger partial charge on any atom is -0.236 e. The van der Waals surface area contributed by atoms with Crippen LogP contribution in [0.15, 0.2) is 0 Å². The molecular formula is C14H19ClN2S. The van der Waals surface area contributed by atoms with Gasteiger partial charge in [-0.3, -0.25) is 0 Å². The van der Waals surface area contributed by atoms with Gasteiger partial charge in [0.05, 0.1) is 5.69 Å². The second kappa shape index (κ2) is 5.38. The summed E-state index contributed by atoms with van der Waals surface area (Å²) in [5.41, 5.74) is 2.36. The number of rotatable bonds is 2. The first-order valence-electron chi connectivity index (χ1n) is 6.90. The molecule has 1 saturated carbocycles. The van der Waals surface area contributed by atoms with E-state index in [4.69, 9.17) is 16.6 Å². The highest BCUT2D eigenvalue weighted by Gasteiger charge is 2.26. The van der Waals surface area contributed by atoms with E-state index in [2.05, 4.69) is 11.9 Å². The Hall–Kier alpha value is -0.280. The van der Waals surface area contributed by atoms with Gasteiger partial charge in [0.1, 0.15) is 11.0 Å². The third-order valence-corrected chi connectivity index (χ3v) is 5.62. The van der Waals surface area contributed by atoms with E-state index >= 15 is 0 Å². The first-order chi connectivity index (χ1) is 8.78. The van der Waals surface area contributed by atoms with Gasteiger partial charge in [0.2, 0.25) is 0 Å². The van der Waals surface area contributed by atoms with Gasteiger partial charge in [-0.15, -0.1) is 0 Å². The highest BCUT2D eigenvalue weighted by molar-refractivity contribution is 7.98. The van der Waals surface area contributed by atoms with Gasteiger partial charge in [-0.2, -0.15) is 11.8 Å². The van der Waals surface area contributed by atoms with E-state index in [1.165, 1.54) is 43.4 Å². The van der Waals surface area contributed by atoms with Gasteiger partial charge in [0.25, 0.3) is 0 Å². The molecule has 1 aliphatic heterocycles. The summed E-state index contributed by atoms with van der Waals surface area (Å²) in [7, 11) is 0. The lowest BCUT2D eigenvalue weighted by Gasteiger charge is -2.27. The Labute approximate surface area is 118 Å². The smallest absolute Gasteiger partial charge is 0.137 e. The lowest BCUT2D eigenvalue weighted by molar-refractivity contribution is 0.312. The highest BCUT2D eigenvalue weighted by atomic mass is 35.5. The molecule has 1 fully saturated rings. The maximum atomic E-state index is 6.29. The zero-order valence-corrected chi connectivity index (χ0v) is 12.4. The van der Waals surface area contributed by atoms with Crippen LogP contribution in [0.3, 0.4) is 0 Å². The molecule has 0 saturated heterocycles. The molecule has 1 aliphatic carbocycles. The quantitative estimate of drug-likeness (QED) is 0.744. The van der Waals surface area contributed by atoms with E-state index in [9.17, 15) is 0 Å². The van der Waals surface area contributed by atoms with Crippen molar-refractivity contribution in [3.8, 4) is 0 Å². The van der Waals surface area contributed by atoms with Gasteiger partial charge in [-0.1, -0.05) is 24.9 Å². The van der Waals surface area contributed by atoms with Crippen LogP contribution in [-0.4, -0.2) is 9.97 Å². The molecule has 2 aliphatic rings. The first-order valence-corrected chi connectivity index (χ1v) is 8.44. The molecule has 2 heterocycles. The van der Waals surface area contributed by atoms with Crippen LogP contribution in [0.5, 0.6) is 0 Å². The number of thioether (sulfide) groups is 1. The van der Waals surface area contributed by atoms with Gasteiger partial charge in [0.15, 0.2) is 0 Å². The van der Waals surface area contributed by atoms with Crippen LogP contribution in [0, 0.1) is 5.92 Å². The van der Waals surface area contributed by atoms with Crippen LogP contribution in [0.25, 0.3) is 0 Å². The van der Waals surface area contributed by atoms with Crippen LogP contribution in [-0.2, 0) is 11.5 Å². The summed E-state index contributed by atoms with van der Waals surface area (Å²) in [5.74, 6) is 4.46. The SMILES string of the molecule is CCC1CCC(c2nc(Cl)c3c(n2)CSC3)CC1. The Morgan fingerprint density at radius 3 is 2.67 bits per heavy atom. The first kappa shape index (κ1) is 12.7. The van der Waals surface area contributed by atoms with Crippen LogP contribution >= 0.6 is 23.4 Å². The predicted octanol–water partition coefficient (Wildman–Crippen LogP) is 4.56. The third kappa shape index (κ3) is 2.39. The number of aromatic nitrogens is 2. The molecule has 18 heavy (non-hydrogen) atoms. The fraction of sp³-hybridized carbons (Fsp3) is 0.714. The van der Waals surface area contributed by atoms with Crippen LogP contribution < -0.4 is 0 Å². The summed E-state index contributed by atoms with van der Waals surface area (Å²) < 4.78 is 0. The highest BCUT2D eigenvalue weighted by Crippen LogP contribution is 2.38. The van der Waals surface area contributed by atoms with Gasteiger partial charge in [0, 0.05) is 23.0 Å². The van der Waals surface area contributed by atoms with Crippen LogP contribution in [0.1, 0.15) is 62.0 Å². The molecule has 0 aromatic carbocycles. The molecule has 0 unspecified atom stereocenters. The maximum Gasteiger partial charge on any atom is 0.137 e. The summed E-state index contributed by atoms with van der Waals surface area (Å²) in [6.07, 6.45) is 6.44. The average Bonchev–Trinajstić information content (AvgIpc) is 2.88. The topological polar surface area (TPSA) is 25.8 Å². The Morgan fingerprint density at radius 1 is 1.17 bits per heavy atom. The Balaban J connectivity index is 1.79. The largest absolute Gasteiger partial charge is 0.236 e. The number of nitrogens with zero attached hydrogens (tertiary/aromatic N) is 2. The summed E-state index contributed by atoms with van der Waals surface area (Å²) in [6, 6.07) is 0. The van der Waals surface area contributed by atoms with Crippen molar-refractivity contribution >= 4 is 23.4 Å². The molecule has 3 rings (SSSR count). The minimum absolute atomic E-state index is 0.543. The normalized spacial score (nSPS) is 27.2. The number of halogens is 1. The second-order valence-corrected chi connectivity index (χ2v) is 6.76. The molecule has 0 amide bonds. The number of fused-ring (bicyclic) bond motifs is 1. The fourth-order valence-corrected chi connectivity index (χ4v) is 4.42. The summed E-state index contributed by atoms with van der Waals surface area (Å²) in [4.78, 5) is 9.33. The zero-order chi connectivity index (χ0) is 12.5. The van der Waals surface area contributed by atoms with Crippen molar-refractivity contribution in [3.63, 3.8) is 0 Å². The van der Waals surface area contributed by atoms with Crippen molar-refractivity contribution in [2.24, 2.45) is 5.92 Å². The van der Waals surface area contributed by atoms with Crippen molar-refractivity contribution in [1.29, 1.82) is 0 Å². The molecule has 0 N–H and O–H groups in total. The Kier molecular flexibility index (Phi) is 3.81. The van der Waals surface area contributed by atoms with Gasteiger partial charge >= 0.3 is 0 Å². The number of hydrogen-bond donors (Lipinski definition) is 0. The molecular weight excluding hydrogens is 264 g/mol. The van der Waals surface area contributed by atoms with E-state index in [1.807, 2.05) is 11.8 Å². The molecule has 0 spiro atoms. The minimum atomic E-state index is 0.543. The van der Waals surface area contributed by atoms with Crippen molar-refractivity contribution in [2.45, 2.75) is 56.5 Å². The predicted molar refractivity (Wildman–Crippen MR) is 77.0 cm³/mol. The van der Waals surface area contributed by atoms with Gasteiger partial charge in [-0.25, -0.2) is 9.97 Å². The molecule has 0 atom stereocenters. The maximum absolute atomic E-state index is 6.29. The van der Waals surface area contributed by atoms with Gasteiger partial charge in [-0.05, 0) is 31.6 Å². The fourth-order valence-electron chi connectivity index (χ4n) is 3.04. The molecule has 1 aromatic rings. The van der Waals surface area contributed by atoms with E-state index in [1.54, 1.807) is 0 Å². The summed E-state index contributed by atoms with van der Waals surface area (Å²) in [5, 5.41) is 0.706. The standard InChI is InChI=1S/C14H19ClN2S/c1-2-9-3-5-10(6-4-9)14-16-12-8-18-7-11(12)13(15)17-14/h9-10H,2-8H2,1H3. The molecule has 0 bridgehead atoms. The van der Waals surface area contributed by atoms with E-state index in [-0.39, 0.29) is 0 Å². The van der Waals surface area contributed by atoms with Crippen molar-refractivity contribution in [3.05, 3.63) is 22.2 Å². The molecule has 0 radical (unpaired) electrons. The number of hydrogen-bond acceptors (Lipinski definition) is 3.